The second-order valence-electron chi connectivity index (χ2n) is 6.73. The Morgan fingerprint density at radius 3 is 1.79 bits per heavy atom. The third-order valence-corrected chi connectivity index (χ3v) is 3.75. The SMILES string of the molecule is CC(NC(=O)C(CC(=O)O)NC(=O)C(NC(=O)C(N)CC(N)=O)C(C)C)C(=O)O. The number of primary amides is 1. The molecule has 29 heavy (non-hydrogen) atoms. The van der Waals surface area contributed by atoms with Crippen LogP contribution >= 0.6 is 0 Å². The quantitative estimate of drug-likeness (QED) is 0.170. The van der Waals surface area contributed by atoms with Gasteiger partial charge in [0.15, 0.2) is 0 Å². The van der Waals surface area contributed by atoms with Crippen LogP contribution in [0.15, 0.2) is 0 Å². The van der Waals surface area contributed by atoms with Gasteiger partial charge < -0.3 is 37.6 Å². The number of carbonyl (C=O) groups is 6. The van der Waals surface area contributed by atoms with Crippen molar-refractivity contribution in [3.63, 3.8) is 0 Å². The minimum Gasteiger partial charge on any atom is -0.481 e. The molecule has 0 bridgehead atoms. The highest BCUT2D eigenvalue weighted by atomic mass is 16.4. The van der Waals surface area contributed by atoms with E-state index < -0.39 is 78.5 Å². The smallest absolute Gasteiger partial charge is 0.325 e. The topological polar surface area (TPSA) is 231 Å². The number of amides is 4. The van der Waals surface area contributed by atoms with Crippen molar-refractivity contribution >= 4 is 35.6 Å². The van der Waals surface area contributed by atoms with E-state index in [0.717, 1.165) is 6.92 Å². The molecule has 0 radical (unpaired) electrons. The van der Waals surface area contributed by atoms with E-state index in [9.17, 15) is 28.8 Å². The average molecular weight is 417 g/mol. The second kappa shape index (κ2) is 11.6. The highest BCUT2D eigenvalue weighted by Crippen LogP contribution is 2.05. The standard InChI is InChI=1S/C16H27N5O8/c1-6(2)12(21-13(25)8(17)4-10(18)22)15(27)20-9(5-11(23)24)14(26)19-7(3)16(28)29/h6-9,12H,4-5,17H2,1-3H3,(H2,18,22)(H,19,26)(H,20,27)(H,21,25)(H,23,24)(H,28,29). The molecule has 0 aromatic rings. The van der Waals surface area contributed by atoms with Crippen LogP contribution in [0, 0.1) is 5.92 Å². The summed E-state index contributed by atoms with van der Waals surface area (Å²) in [6.45, 7) is 4.31. The molecule has 0 aliphatic carbocycles. The number of rotatable bonds is 12. The molecule has 0 aromatic heterocycles. The fraction of sp³-hybridized carbons (Fsp3) is 0.625. The molecule has 0 spiro atoms. The highest BCUT2D eigenvalue weighted by molar-refractivity contribution is 5.96. The maximum atomic E-state index is 12.5. The van der Waals surface area contributed by atoms with Crippen molar-refractivity contribution in [3.05, 3.63) is 0 Å². The summed E-state index contributed by atoms with van der Waals surface area (Å²) in [5.41, 5.74) is 10.5. The molecular weight excluding hydrogens is 390 g/mol. The fourth-order valence-corrected chi connectivity index (χ4v) is 2.13. The largest absolute Gasteiger partial charge is 0.481 e. The van der Waals surface area contributed by atoms with Gasteiger partial charge in [0, 0.05) is 0 Å². The summed E-state index contributed by atoms with van der Waals surface area (Å²) < 4.78 is 0. The summed E-state index contributed by atoms with van der Waals surface area (Å²) in [5.74, 6) is -6.82. The molecule has 9 N–H and O–H groups in total. The number of hydrogen-bond acceptors (Lipinski definition) is 7. The van der Waals surface area contributed by atoms with E-state index in [1.807, 2.05) is 0 Å². The number of nitrogens with two attached hydrogens (primary N) is 2. The van der Waals surface area contributed by atoms with Gasteiger partial charge in [0.1, 0.15) is 18.1 Å². The van der Waals surface area contributed by atoms with Gasteiger partial charge in [-0.25, -0.2) is 0 Å². The van der Waals surface area contributed by atoms with Gasteiger partial charge in [-0.15, -0.1) is 0 Å². The lowest BCUT2D eigenvalue weighted by Crippen LogP contribution is -2.58. The molecule has 0 saturated carbocycles. The summed E-state index contributed by atoms with van der Waals surface area (Å²) in [6.07, 6.45) is -1.26. The van der Waals surface area contributed by atoms with Gasteiger partial charge in [0.25, 0.3) is 0 Å². The first-order valence-corrected chi connectivity index (χ1v) is 8.65. The van der Waals surface area contributed by atoms with Crippen molar-refractivity contribution in [2.24, 2.45) is 17.4 Å². The minimum atomic E-state index is -1.58. The van der Waals surface area contributed by atoms with E-state index in [1.165, 1.54) is 0 Å². The van der Waals surface area contributed by atoms with Gasteiger partial charge in [0.05, 0.1) is 18.9 Å². The van der Waals surface area contributed by atoms with E-state index in [1.54, 1.807) is 13.8 Å². The van der Waals surface area contributed by atoms with Crippen LogP contribution in [-0.4, -0.2) is 69.9 Å². The molecule has 0 saturated heterocycles. The third-order valence-electron chi connectivity index (χ3n) is 3.75. The molecular formula is C16H27N5O8. The summed E-state index contributed by atoms with van der Waals surface area (Å²) in [5, 5.41) is 24.4. The van der Waals surface area contributed by atoms with E-state index in [-0.39, 0.29) is 0 Å². The Hall–Kier alpha value is -3.22. The van der Waals surface area contributed by atoms with Crippen molar-refractivity contribution in [2.45, 2.75) is 57.8 Å². The number of carboxylic acids is 2. The predicted molar refractivity (Wildman–Crippen MR) is 98.0 cm³/mol. The van der Waals surface area contributed by atoms with Crippen LogP contribution in [0.2, 0.25) is 0 Å². The van der Waals surface area contributed by atoms with E-state index in [0.29, 0.717) is 0 Å². The summed E-state index contributed by atoms with van der Waals surface area (Å²) in [6, 6.07) is -5.40. The monoisotopic (exact) mass is 417 g/mol. The first-order valence-electron chi connectivity index (χ1n) is 8.65. The minimum absolute atomic E-state index is 0.449. The number of carbonyl (C=O) groups excluding carboxylic acids is 4. The Balaban J connectivity index is 5.31. The molecule has 4 amide bonds. The van der Waals surface area contributed by atoms with Crippen molar-refractivity contribution in [3.8, 4) is 0 Å². The van der Waals surface area contributed by atoms with Crippen LogP contribution in [0.4, 0.5) is 0 Å². The Bertz CT molecular complexity index is 666. The second-order valence-corrected chi connectivity index (χ2v) is 6.73. The number of carboxylic acid groups (broad SMARTS) is 2. The number of nitrogens with one attached hydrogen (secondary N) is 3. The first kappa shape index (κ1) is 25.8. The van der Waals surface area contributed by atoms with E-state index >= 15 is 0 Å². The van der Waals surface area contributed by atoms with Gasteiger partial charge in [-0.05, 0) is 12.8 Å². The Kier molecular flexibility index (Phi) is 10.3. The van der Waals surface area contributed by atoms with Gasteiger partial charge in [-0.2, -0.15) is 0 Å². The van der Waals surface area contributed by atoms with Crippen LogP contribution in [-0.2, 0) is 28.8 Å². The van der Waals surface area contributed by atoms with Crippen molar-refractivity contribution in [1.82, 2.24) is 16.0 Å². The van der Waals surface area contributed by atoms with Crippen LogP contribution in [0.25, 0.3) is 0 Å². The molecule has 0 rings (SSSR count). The summed E-state index contributed by atoms with van der Waals surface area (Å²) in [7, 11) is 0. The maximum absolute atomic E-state index is 12.5. The summed E-state index contributed by atoms with van der Waals surface area (Å²) >= 11 is 0. The van der Waals surface area contributed by atoms with Crippen molar-refractivity contribution in [1.29, 1.82) is 0 Å². The molecule has 13 heteroatoms. The van der Waals surface area contributed by atoms with Crippen LogP contribution in [0.1, 0.15) is 33.6 Å². The van der Waals surface area contributed by atoms with Crippen molar-refractivity contribution in [2.75, 3.05) is 0 Å². The lowest BCUT2D eigenvalue weighted by Gasteiger charge is -2.26. The Morgan fingerprint density at radius 1 is 0.828 bits per heavy atom. The molecule has 0 aliphatic heterocycles. The molecule has 0 heterocycles. The average Bonchev–Trinajstić information content (AvgIpc) is 2.56. The van der Waals surface area contributed by atoms with Crippen LogP contribution < -0.4 is 27.4 Å². The van der Waals surface area contributed by atoms with Crippen LogP contribution in [0.3, 0.4) is 0 Å². The van der Waals surface area contributed by atoms with Gasteiger partial charge >= 0.3 is 11.9 Å². The molecule has 0 aliphatic rings. The highest BCUT2D eigenvalue weighted by Gasteiger charge is 2.32. The molecule has 0 aromatic carbocycles. The lowest BCUT2D eigenvalue weighted by atomic mass is 10.0. The molecule has 0 fully saturated rings. The number of aliphatic carboxylic acids is 2. The third kappa shape index (κ3) is 9.51. The predicted octanol–water partition coefficient (Wildman–Crippen LogP) is -3.12. The summed E-state index contributed by atoms with van der Waals surface area (Å²) in [4.78, 5) is 69.5. The van der Waals surface area contributed by atoms with Crippen molar-refractivity contribution < 1.29 is 39.0 Å². The zero-order chi connectivity index (χ0) is 22.9. The molecule has 164 valence electrons. The first-order chi connectivity index (χ1) is 13.3. The zero-order valence-electron chi connectivity index (χ0n) is 16.3. The molecule has 13 nitrogen and oxygen atoms in total. The Morgan fingerprint density at radius 2 is 1.38 bits per heavy atom. The fourth-order valence-electron chi connectivity index (χ4n) is 2.13. The lowest BCUT2D eigenvalue weighted by molar-refractivity contribution is -0.143. The maximum Gasteiger partial charge on any atom is 0.325 e. The normalized spacial score (nSPS) is 14.8. The Labute approximate surface area is 166 Å². The molecule has 4 atom stereocenters. The number of hydrogen-bond donors (Lipinski definition) is 7. The van der Waals surface area contributed by atoms with Gasteiger partial charge in [-0.3, -0.25) is 28.8 Å². The van der Waals surface area contributed by atoms with E-state index in [2.05, 4.69) is 16.0 Å². The molecule has 4 unspecified atom stereocenters. The van der Waals surface area contributed by atoms with Crippen LogP contribution in [0.5, 0.6) is 0 Å². The van der Waals surface area contributed by atoms with E-state index in [4.69, 9.17) is 21.7 Å². The zero-order valence-corrected chi connectivity index (χ0v) is 16.3. The van der Waals surface area contributed by atoms with Gasteiger partial charge in [-0.1, -0.05) is 13.8 Å². The van der Waals surface area contributed by atoms with Gasteiger partial charge in [0.2, 0.25) is 23.6 Å².